The molecule has 1 saturated carbocycles. The molecule has 0 amide bonds. The van der Waals surface area contributed by atoms with Gasteiger partial charge in [-0.15, -0.1) is 0 Å². The monoisotopic (exact) mass is 267 g/mol. The van der Waals surface area contributed by atoms with Crippen molar-refractivity contribution in [3.8, 4) is 0 Å². The van der Waals surface area contributed by atoms with Crippen LogP contribution >= 0.6 is 11.6 Å². The van der Waals surface area contributed by atoms with Crippen molar-refractivity contribution in [1.29, 1.82) is 0 Å². The van der Waals surface area contributed by atoms with Crippen LogP contribution in [0, 0.1) is 5.92 Å². The van der Waals surface area contributed by atoms with Crippen molar-refractivity contribution in [2.24, 2.45) is 5.92 Å². The largest absolute Gasteiger partial charge is 0.464 e. The second-order valence-electron chi connectivity index (χ2n) is 4.67. The molecule has 1 aliphatic rings. The Bertz CT molecular complexity index is 405. The minimum absolute atomic E-state index is 0.186. The van der Waals surface area contributed by atoms with E-state index in [1.807, 2.05) is 12.1 Å². The highest BCUT2D eigenvalue weighted by atomic mass is 35.5. The Balaban J connectivity index is 1.61. The first-order valence-electron chi connectivity index (χ1n) is 6.39. The van der Waals surface area contributed by atoms with Crippen LogP contribution in [0.15, 0.2) is 24.3 Å². The summed E-state index contributed by atoms with van der Waals surface area (Å²) >= 11 is 5.84. The van der Waals surface area contributed by atoms with Gasteiger partial charge in [0.1, 0.15) is 6.54 Å². The molecule has 0 saturated heterocycles. The van der Waals surface area contributed by atoms with Crippen LogP contribution in [0.5, 0.6) is 0 Å². The number of carbonyl (C=O) groups is 1. The third-order valence-electron chi connectivity index (χ3n) is 3.28. The molecule has 0 radical (unpaired) electrons. The average molecular weight is 268 g/mol. The zero-order chi connectivity index (χ0) is 12.8. The quantitative estimate of drug-likeness (QED) is 0.802. The lowest BCUT2D eigenvalue weighted by Gasteiger charge is -2.24. The highest BCUT2D eigenvalue weighted by Crippen LogP contribution is 2.29. The maximum atomic E-state index is 11.5. The van der Waals surface area contributed by atoms with Crippen molar-refractivity contribution < 1.29 is 9.53 Å². The molecule has 0 spiro atoms. The van der Waals surface area contributed by atoms with E-state index in [0.717, 1.165) is 18.0 Å². The number of hydrogen-bond acceptors (Lipinski definition) is 3. The summed E-state index contributed by atoms with van der Waals surface area (Å²) < 4.78 is 5.17. The molecule has 18 heavy (non-hydrogen) atoms. The first kappa shape index (κ1) is 13.2. The van der Waals surface area contributed by atoms with E-state index in [0.29, 0.717) is 11.6 Å². The SMILES string of the molecule is O=C(CNc1cccc(Cl)c1)OCCC1CCC1. The molecule has 0 aliphatic heterocycles. The Morgan fingerprint density at radius 2 is 2.28 bits per heavy atom. The molecule has 98 valence electrons. The number of esters is 1. The van der Waals surface area contributed by atoms with Crippen LogP contribution in [-0.2, 0) is 9.53 Å². The van der Waals surface area contributed by atoms with Crippen LogP contribution < -0.4 is 5.32 Å². The van der Waals surface area contributed by atoms with Crippen LogP contribution in [0.25, 0.3) is 0 Å². The number of carbonyl (C=O) groups excluding carboxylic acids is 1. The van der Waals surface area contributed by atoms with Gasteiger partial charge in [0.25, 0.3) is 0 Å². The number of benzene rings is 1. The second-order valence-corrected chi connectivity index (χ2v) is 5.11. The van der Waals surface area contributed by atoms with Crippen LogP contribution in [-0.4, -0.2) is 19.1 Å². The molecule has 2 rings (SSSR count). The van der Waals surface area contributed by atoms with Crippen LogP contribution in [0.4, 0.5) is 5.69 Å². The Morgan fingerprint density at radius 3 is 2.94 bits per heavy atom. The van der Waals surface area contributed by atoms with Gasteiger partial charge in [0.2, 0.25) is 0 Å². The molecule has 1 aromatic rings. The van der Waals surface area contributed by atoms with Gasteiger partial charge in [0.15, 0.2) is 0 Å². The van der Waals surface area contributed by atoms with Crippen molar-refractivity contribution in [2.45, 2.75) is 25.7 Å². The van der Waals surface area contributed by atoms with Gasteiger partial charge in [-0.2, -0.15) is 0 Å². The van der Waals surface area contributed by atoms with Crippen molar-refractivity contribution in [1.82, 2.24) is 0 Å². The molecular weight excluding hydrogens is 250 g/mol. The van der Waals surface area contributed by atoms with Gasteiger partial charge in [0.05, 0.1) is 6.61 Å². The molecule has 0 bridgehead atoms. The lowest BCUT2D eigenvalue weighted by Crippen LogP contribution is -2.20. The predicted molar refractivity (Wildman–Crippen MR) is 72.9 cm³/mol. The third kappa shape index (κ3) is 4.22. The van der Waals surface area contributed by atoms with E-state index in [-0.39, 0.29) is 12.5 Å². The molecule has 1 fully saturated rings. The second kappa shape index (κ2) is 6.64. The molecule has 3 nitrogen and oxygen atoms in total. The van der Waals surface area contributed by atoms with Crippen molar-refractivity contribution in [3.63, 3.8) is 0 Å². The van der Waals surface area contributed by atoms with E-state index in [2.05, 4.69) is 5.32 Å². The highest BCUT2D eigenvalue weighted by Gasteiger charge is 2.17. The Kier molecular flexibility index (Phi) is 4.88. The summed E-state index contributed by atoms with van der Waals surface area (Å²) in [6, 6.07) is 7.28. The maximum absolute atomic E-state index is 11.5. The molecule has 1 aromatic carbocycles. The minimum atomic E-state index is -0.214. The maximum Gasteiger partial charge on any atom is 0.325 e. The van der Waals surface area contributed by atoms with Gasteiger partial charge in [-0.05, 0) is 30.5 Å². The topological polar surface area (TPSA) is 38.3 Å². The van der Waals surface area contributed by atoms with E-state index >= 15 is 0 Å². The first-order chi connectivity index (χ1) is 8.74. The smallest absolute Gasteiger partial charge is 0.325 e. The van der Waals surface area contributed by atoms with E-state index in [1.54, 1.807) is 12.1 Å². The fourth-order valence-corrected chi connectivity index (χ4v) is 2.13. The molecule has 0 atom stereocenters. The molecule has 0 unspecified atom stereocenters. The summed E-state index contributed by atoms with van der Waals surface area (Å²) in [4.78, 5) is 11.5. The first-order valence-corrected chi connectivity index (χ1v) is 6.77. The molecule has 0 aromatic heterocycles. The molecule has 4 heteroatoms. The molecular formula is C14H18ClNO2. The van der Waals surface area contributed by atoms with Crippen molar-refractivity contribution in [3.05, 3.63) is 29.3 Å². The summed E-state index contributed by atoms with van der Waals surface area (Å²) in [6.45, 7) is 0.728. The average Bonchev–Trinajstić information content (AvgIpc) is 2.30. The fraction of sp³-hybridized carbons (Fsp3) is 0.500. The Labute approximate surface area is 112 Å². The van der Waals surface area contributed by atoms with Gasteiger partial charge < -0.3 is 10.1 Å². The molecule has 0 heterocycles. The van der Waals surface area contributed by atoms with Crippen LogP contribution in [0.3, 0.4) is 0 Å². The van der Waals surface area contributed by atoms with Gasteiger partial charge in [-0.3, -0.25) is 4.79 Å². The normalized spacial score (nSPS) is 14.9. The van der Waals surface area contributed by atoms with Crippen molar-refractivity contribution in [2.75, 3.05) is 18.5 Å². The lowest BCUT2D eigenvalue weighted by atomic mass is 9.83. The number of hydrogen-bond donors (Lipinski definition) is 1. The summed E-state index contributed by atoms with van der Waals surface area (Å²) in [5, 5.41) is 3.64. The van der Waals surface area contributed by atoms with E-state index < -0.39 is 0 Å². The predicted octanol–water partition coefficient (Wildman–Crippen LogP) is 3.49. The van der Waals surface area contributed by atoms with E-state index in [9.17, 15) is 4.79 Å². The zero-order valence-corrected chi connectivity index (χ0v) is 11.1. The minimum Gasteiger partial charge on any atom is -0.464 e. The summed E-state index contributed by atoms with van der Waals surface area (Å²) in [6.07, 6.45) is 4.91. The number of rotatable bonds is 6. The summed E-state index contributed by atoms with van der Waals surface area (Å²) in [5.74, 6) is 0.563. The van der Waals surface area contributed by atoms with Gasteiger partial charge >= 0.3 is 5.97 Å². The molecule has 1 N–H and O–H groups in total. The zero-order valence-electron chi connectivity index (χ0n) is 10.3. The van der Waals surface area contributed by atoms with Crippen molar-refractivity contribution >= 4 is 23.3 Å². The van der Waals surface area contributed by atoms with Crippen LogP contribution in [0.1, 0.15) is 25.7 Å². The van der Waals surface area contributed by atoms with Crippen LogP contribution in [0.2, 0.25) is 5.02 Å². The number of nitrogens with one attached hydrogen (secondary N) is 1. The van der Waals surface area contributed by atoms with E-state index in [4.69, 9.17) is 16.3 Å². The third-order valence-corrected chi connectivity index (χ3v) is 3.51. The van der Waals surface area contributed by atoms with Gasteiger partial charge in [-0.25, -0.2) is 0 Å². The number of anilines is 1. The Morgan fingerprint density at radius 1 is 1.44 bits per heavy atom. The highest BCUT2D eigenvalue weighted by molar-refractivity contribution is 6.30. The molecule has 1 aliphatic carbocycles. The number of halogens is 1. The van der Waals surface area contributed by atoms with Gasteiger partial charge in [-0.1, -0.05) is 36.9 Å². The summed E-state index contributed by atoms with van der Waals surface area (Å²) in [5.41, 5.74) is 0.832. The van der Waals surface area contributed by atoms with Gasteiger partial charge in [0, 0.05) is 10.7 Å². The fourth-order valence-electron chi connectivity index (χ4n) is 1.94. The lowest BCUT2D eigenvalue weighted by molar-refractivity contribution is -0.142. The number of ether oxygens (including phenoxy) is 1. The standard InChI is InChI=1S/C14H18ClNO2/c15-12-5-2-6-13(9-12)16-10-14(17)18-8-7-11-3-1-4-11/h2,5-6,9,11,16H,1,3-4,7-8,10H2. The Hall–Kier alpha value is -1.22. The summed E-state index contributed by atoms with van der Waals surface area (Å²) in [7, 11) is 0. The van der Waals surface area contributed by atoms with E-state index in [1.165, 1.54) is 19.3 Å².